The Hall–Kier alpha value is -2.58. The van der Waals surface area contributed by atoms with Gasteiger partial charge in [0.15, 0.2) is 11.0 Å². The second kappa shape index (κ2) is 7.22. The maximum Gasteiger partial charge on any atom is 0.187 e. The molecule has 1 fully saturated rings. The van der Waals surface area contributed by atoms with Gasteiger partial charge in [-0.3, -0.25) is 4.98 Å². The molecule has 0 amide bonds. The standard InChI is InChI=1S/C24H31N7S/c1-14-12-31-13-16(8-19(31)15(2)26-14)20-25-11-18-21(28-20)32-22(27-18)30(7)17-9-23(3,4)29-24(5,6)10-17/h8,11-13,17,29H,9-10H2,1-7H3. The van der Waals surface area contributed by atoms with Crippen LogP contribution in [0.5, 0.6) is 0 Å². The Kier molecular flexibility index (Phi) is 4.80. The summed E-state index contributed by atoms with van der Waals surface area (Å²) in [5.74, 6) is 0.722. The molecule has 4 aromatic heterocycles. The highest BCUT2D eigenvalue weighted by Crippen LogP contribution is 2.36. The van der Waals surface area contributed by atoms with Crippen molar-refractivity contribution in [1.82, 2.24) is 29.7 Å². The summed E-state index contributed by atoms with van der Waals surface area (Å²) < 4.78 is 2.10. The summed E-state index contributed by atoms with van der Waals surface area (Å²) >= 11 is 1.64. The maximum atomic E-state index is 4.87. The molecule has 1 aliphatic rings. The van der Waals surface area contributed by atoms with E-state index in [1.54, 1.807) is 11.3 Å². The number of aromatic nitrogens is 5. The molecule has 1 N–H and O–H groups in total. The molecule has 0 aliphatic carbocycles. The van der Waals surface area contributed by atoms with Crippen molar-refractivity contribution in [3.63, 3.8) is 0 Å². The predicted octanol–water partition coefficient (Wildman–Crippen LogP) is 4.76. The molecule has 5 heterocycles. The lowest BCUT2D eigenvalue weighted by molar-refractivity contribution is 0.161. The van der Waals surface area contributed by atoms with Crippen LogP contribution in [0.4, 0.5) is 5.13 Å². The number of fused-ring (bicyclic) bond motifs is 2. The lowest BCUT2D eigenvalue weighted by Crippen LogP contribution is -2.61. The predicted molar refractivity (Wildman–Crippen MR) is 132 cm³/mol. The molecule has 1 aliphatic heterocycles. The third kappa shape index (κ3) is 3.86. The Morgan fingerprint density at radius 3 is 2.50 bits per heavy atom. The molecule has 32 heavy (non-hydrogen) atoms. The van der Waals surface area contributed by atoms with E-state index in [1.165, 1.54) is 0 Å². The van der Waals surface area contributed by atoms with Gasteiger partial charge in [-0.1, -0.05) is 11.3 Å². The topological polar surface area (TPSA) is 71.2 Å². The number of aryl methyl sites for hydroxylation is 2. The van der Waals surface area contributed by atoms with Crippen LogP contribution in [-0.4, -0.2) is 48.5 Å². The summed E-state index contributed by atoms with van der Waals surface area (Å²) in [5.41, 5.74) is 5.10. The number of rotatable bonds is 3. The van der Waals surface area contributed by atoms with Crippen molar-refractivity contribution in [2.45, 2.75) is 71.5 Å². The molecule has 0 bridgehead atoms. The molecule has 168 valence electrons. The van der Waals surface area contributed by atoms with Crippen molar-refractivity contribution in [3.8, 4) is 11.4 Å². The number of piperidine rings is 1. The van der Waals surface area contributed by atoms with Crippen molar-refractivity contribution in [1.29, 1.82) is 0 Å². The number of hydrogen-bond acceptors (Lipinski definition) is 7. The smallest absolute Gasteiger partial charge is 0.187 e. The van der Waals surface area contributed by atoms with E-state index in [2.05, 4.69) is 71.6 Å². The molecule has 0 radical (unpaired) electrons. The quantitative estimate of drug-likeness (QED) is 0.486. The first-order valence-electron chi connectivity index (χ1n) is 11.1. The summed E-state index contributed by atoms with van der Waals surface area (Å²) in [6.07, 6.45) is 8.10. The van der Waals surface area contributed by atoms with Crippen LogP contribution < -0.4 is 10.2 Å². The second-order valence-electron chi connectivity index (χ2n) is 10.4. The van der Waals surface area contributed by atoms with Crippen molar-refractivity contribution in [2.75, 3.05) is 11.9 Å². The van der Waals surface area contributed by atoms with E-state index in [9.17, 15) is 0 Å². The second-order valence-corrected chi connectivity index (χ2v) is 11.4. The average Bonchev–Trinajstić information content (AvgIpc) is 3.28. The molecule has 4 aromatic rings. The average molecular weight is 450 g/mol. The molecule has 1 saturated heterocycles. The van der Waals surface area contributed by atoms with E-state index in [4.69, 9.17) is 9.97 Å². The molecular formula is C24H31N7S. The fourth-order valence-electron chi connectivity index (χ4n) is 5.26. The lowest BCUT2D eigenvalue weighted by Gasteiger charge is -2.48. The number of hydrogen-bond donors (Lipinski definition) is 1. The minimum absolute atomic E-state index is 0.0904. The molecule has 8 heteroatoms. The van der Waals surface area contributed by atoms with Gasteiger partial charge in [-0.05, 0) is 60.5 Å². The highest BCUT2D eigenvalue weighted by molar-refractivity contribution is 7.21. The van der Waals surface area contributed by atoms with Crippen LogP contribution >= 0.6 is 11.3 Å². The van der Waals surface area contributed by atoms with Gasteiger partial charge in [-0.2, -0.15) is 0 Å². The summed E-state index contributed by atoms with van der Waals surface area (Å²) in [4.78, 5) is 22.2. The Bertz CT molecular complexity index is 1300. The van der Waals surface area contributed by atoms with Crippen LogP contribution in [0.3, 0.4) is 0 Å². The van der Waals surface area contributed by atoms with E-state index < -0.39 is 0 Å². The highest BCUT2D eigenvalue weighted by Gasteiger charge is 2.39. The Labute approximate surface area is 192 Å². The fourth-order valence-corrected chi connectivity index (χ4v) is 6.21. The number of nitrogens with zero attached hydrogens (tertiary/aromatic N) is 6. The van der Waals surface area contributed by atoms with Crippen LogP contribution in [0.2, 0.25) is 0 Å². The first-order chi connectivity index (χ1) is 15.0. The molecule has 0 saturated carbocycles. The van der Waals surface area contributed by atoms with E-state index in [0.29, 0.717) is 6.04 Å². The van der Waals surface area contributed by atoms with Crippen LogP contribution in [0.25, 0.3) is 27.3 Å². The molecule has 5 rings (SSSR count). The fraction of sp³-hybridized carbons (Fsp3) is 0.500. The lowest BCUT2D eigenvalue weighted by atomic mass is 9.79. The van der Waals surface area contributed by atoms with Gasteiger partial charge in [0.2, 0.25) is 0 Å². The zero-order valence-electron chi connectivity index (χ0n) is 19.9. The largest absolute Gasteiger partial charge is 0.348 e. The van der Waals surface area contributed by atoms with E-state index in [0.717, 1.165) is 56.6 Å². The summed E-state index contributed by atoms with van der Waals surface area (Å²) in [5, 5.41) is 4.77. The summed E-state index contributed by atoms with van der Waals surface area (Å²) in [7, 11) is 2.16. The van der Waals surface area contributed by atoms with Crippen molar-refractivity contribution in [2.24, 2.45) is 0 Å². The molecular weight excluding hydrogens is 418 g/mol. The van der Waals surface area contributed by atoms with Gasteiger partial charge in [0.25, 0.3) is 0 Å². The molecule has 0 unspecified atom stereocenters. The summed E-state index contributed by atoms with van der Waals surface area (Å²) in [6, 6.07) is 2.53. The third-order valence-corrected chi connectivity index (χ3v) is 7.36. The monoisotopic (exact) mass is 449 g/mol. The first-order valence-corrected chi connectivity index (χ1v) is 11.9. The van der Waals surface area contributed by atoms with Crippen molar-refractivity contribution < 1.29 is 0 Å². The van der Waals surface area contributed by atoms with Gasteiger partial charge in [0.05, 0.1) is 23.1 Å². The SMILES string of the molecule is Cc1cn2cc(-c3ncc4nc(N(C)C5CC(C)(C)NC(C)(C)C5)sc4n3)cc2c(C)n1. The van der Waals surface area contributed by atoms with E-state index in [-0.39, 0.29) is 11.1 Å². The van der Waals surface area contributed by atoms with Crippen molar-refractivity contribution in [3.05, 3.63) is 36.0 Å². The maximum absolute atomic E-state index is 4.87. The molecule has 7 nitrogen and oxygen atoms in total. The highest BCUT2D eigenvalue weighted by atomic mass is 32.1. The number of anilines is 1. The number of nitrogens with one attached hydrogen (secondary N) is 1. The van der Waals surface area contributed by atoms with Gasteiger partial charge in [-0.15, -0.1) is 0 Å². The van der Waals surface area contributed by atoms with E-state index in [1.807, 2.05) is 26.2 Å². The minimum Gasteiger partial charge on any atom is -0.348 e. The zero-order valence-corrected chi connectivity index (χ0v) is 20.7. The Morgan fingerprint density at radius 2 is 1.78 bits per heavy atom. The minimum atomic E-state index is 0.0904. The van der Waals surface area contributed by atoms with Gasteiger partial charge in [0.1, 0.15) is 10.3 Å². The van der Waals surface area contributed by atoms with Gasteiger partial charge in [-0.25, -0.2) is 15.0 Å². The molecule has 0 atom stereocenters. The normalized spacial score (nSPS) is 18.5. The van der Waals surface area contributed by atoms with E-state index >= 15 is 0 Å². The zero-order chi connectivity index (χ0) is 22.8. The third-order valence-electron chi connectivity index (χ3n) is 6.31. The van der Waals surface area contributed by atoms with Gasteiger partial charge < -0.3 is 14.6 Å². The van der Waals surface area contributed by atoms with Gasteiger partial charge >= 0.3 is 0 Å². The van der Waals surface area contributed by atoms with Crippen LogP contribution in [0.1, 0.15) is 51.9 Å². The summed E-state index contributed by atoms with van der Waals surface area (Å²) in [6.45, 7) is 13.2. The van der Waals surface area contributed by atoms with Crippen LogP contribution in [0, 0.1) is 13.8 Å². The Balaban J connectivity index is 1.47. The van der Waals surface area contributed by atoms with Crippen LogP contribution in [0.15, 0.2) is 24.7 Å². The molecule has 0 aromatic carbocycles. The Morgan fingerprint density at radius 1 is 1.06 bits per heavy atom. The van der Waals surface area contributed by atoms with Crippen molar-refractivity contribution >= 4 is 32.3 Å². The molecule has 0 spiro atoms. The first kappa shape index (κ1) is 21.3. The number of thiazole rings is 1. The van der Waals surface area contributed by atoms with Crippen LogP contribution in [-0.2, 0) is 0 Å². The van der Waals surface area contributed by atoms with Gasteiger partial charge in [0, 0.05) is 42.1 Å².